The molecule has 3 rings (SSSR count). The molecule has 2 heterocycles. The molecule has 0 saturated carbocycles. The van der Waals surface area contributed by atoms with Crippen molar-refractivity contribution in [1.82, 2.24) is 10.3 Å². The van der Waals surface area contributed by atoms with E-state index in [1.165, 1.54) is 6.20 Å². The first kappa shape index (κ1) is 22.8. The zero-order chi connectivity index (χ0) is 23.1. The number of carbonyl (C=O) groups excluding carboxylic acids is 2. The highest BCUT2D eigenvalue weighted by Gasteiger charge is 2.27. The molecular weight excluding hydrogens is 404 g/mol. The van der Waals surface area contributed by atoms with E-state index in [1.54, 1.807) is 19.2 Å². The molecule has 1 atom stereocenters. The maximum absolute atomic E-state index is 13.0. The van der Waals surface area contributed by atoms with Crippen LogP contribution in [0.25, 0.3) is 0 Å². The van der Waals surface area contributed by atoms with E-state index in [1.807, 2.05) is 50.3 Å². The lowest BCUT2D eigenvalue weighted by Crippen LogP contribution is -2.36. The number of pyridine rings is 1. The van der Waals surface area contributed by atoms with Gasteiger partial charge < -0.3 is 20.7 Å². The highest BCUT2D eigenvalue weighted by Crippen LogP contribution is 2.29. The molecule has 0 fully saturated rings. The number of benzene rings is 1. The van der Waals surface area contributed by atoms with Crippen molar-refractivity contribution in [1.29, 1.82) is 0 Å². The lowest BCUT2D eigenvalue weighted by molar-refractivity contribution is -0.123. The third-order valence-electron chi connectivity index (χ3n) is 5.16. The van der Waals surface area contributed by atoms with Crippen molar-refractivity contribution in [3.8, 4) is 5.75 Å². The first-order chi connectivity index (χ1) is 15.5. The number of anilines is 2. The van der Waals surface area contributed by atoms with Crippen molar-refractivity contribution >= 4 is 23.3 Å². The second kappa shape index (κ2) is 10.4. The van der Waals surface area contributed by atoms with Gasteiger partial charge in [-0.25, -0.2) is 4.98 Å². The second-order valence-corrected chi connectivity index (χ2v) is 7.37. The highest BCUT2D eigenvalue weighted by atomic mass is 16.5. The van der Waals surface area contributed by atoms with E-state index in [2.05, 4.69) is 27.5 Å². The van der Waals surface area contributed by atoms with Gasteiger partial charge in [-0.15, -0.1) is 0 Å². The van der Waals surface area contributed by atoms with Gasteiger partial charge in [0.25, 0.3) is 11.8 Å². The number of carbonyl (C=O) groups is 2. The Hall–Kier alpha value is -3.87. The second-order valence-electron chi connectivity index (χ2n) is 7.37. The Bertz CT molecular complexity index is 1090. The average molecular weight is 433 g/mol. The van der Waals surface area contributed by atoms with E-state index >= 15 is 0 Å². The van der Waals surface area contributed by atoms with Crippen LogP contribution in [0.1, 0.15) is 36.2 Å². The minimum absolute atomic E-state index is 0.296. The fourth-order valence-corrected chi connectivity index (χ4v) is 3.33. The first-order valence-electron chi connectivity index (χ1n) is 10.5. The SMILES string of the molecule is C=C/C(C)=C(\C=C/C)Nc1ncc(C(=O)NC)cc1NC(=O)C1CCc2ccccc2O1. The molecule has 0 spiro atoms. The summed E-state index contributed by atoms with van der Waals surface area (Å²) >= 11 is 0. The predicted octanol–water partition coefficient (Wildman–Crippen LogP) is 4.22. The van der Waals surface area contributed by atoms with Crippen LogP contribution >= 0.6 is 0 Å². The molecule has 0 saturated heterocycles. The largest absolute Gasteiger partial charge is 0.480 e. The molecule has 1 aromatic carbocycles. The summed E-state index contributed by atoms with van der Waals surface area (Å²) < 4.78 is 5.91. The van der Waals surface area contributed by atoms with Gasteiger partial charge in [-0.3, -0.25) is 9.59 Å². The zero-order valence-electron chi connectivity index (χ0n) is 18.6. The van der Waals surface area contributed by atoms with Crippen LogP contribution in [-0.2, 0) is 11.2 Å². The number of hydrogen-bond acceptors (Lipinski definition) is 5. The number of ether oxygens (including phenoxy) is 1. The van der Waals surface area contributed by atoms with Crippen molar-refractivity contribution in [2.45, 2.75) is 32.8 Å². The molecule has 2 aromatic rings. The molecule has 7 nitrogen and oxygen atoms in total. The summed E-state index contributed by atoms with van der Waals surface area (Å²) in [6.45, 7) is 7.63. The van der Waals surface area contributed by atoms with E-state index in [-0.39, 0.29) is 11.8 Å². The predicted molar refractivity (Wildman–Crippen MR) is 127 cm³/mol. The number of para-hydroxylation sites is 1. The Balaban J connectivity index is 1.90. The number of nitrogens with one attached hydrogen (secondary N) is 3. The number of nitrogens with zero attached hydrogens (tertiary/aromatic N) is 1. The standard InChI is InChI=1S/C25H28N4O3/c1-5-9-19(16(3)6-2)28-23-20(14-18(15-27-23)24(30)26-4)29-25(31)22-13-12-17-10-7-8-11-21(17)32-22/h5-11,14-15,22H,2,12-13H2,1,3-4H3,(H,26,30)(H,27,28)(H,29,31)/b9-5-,19-16+. The zero-order valence-corrected chi connectivity index (χ0v) is 18.6. The molecule has 0 radical (unpaired) electrons. The number of fused-ring (bicyclic) bond motifs is 1. The van der Waals surface area contributed by atoms with Crippen molar-refractivity contribution in [2.24, 2.45) is 0 Å². The third-order valence-corrected chi connectivity index (χ3v) is 5.16. The number of rotatable bonds is 7. The maximum atomic E-state index is 13.0. The monoisotopic (exact) mass is 432 g/mol. The number of allylic oxidation sites excluding steroid dienone is 4. The van der Waals surface area contributed by atoms with Gasteiger partial charge in [0.15, 0.2) is 11.9 Å². The molecule has 1 aliphatic heterocycles. The quantitative estimate of drug-likeness (QED) is 0.570. The van der Waals surface area contributed by atoms with Gasteiger partial charge in [0.2, 0.25) is 0 Å². The highest BCUT2D eigenvalue weighted by molar-refractivity contribution is 6.00. The number of hydrogen-bond donors (Lipinski definition) is 3. The summed E-state index contributed by atoms with van der Waals surface area (Å²) in [7, 11) is 1.54. The number of aromatic nitrogens is 1. The third kappa shape index (κ3) is 5.24. The Morgan fingerprint density at radius 3 is 2.75 bits per heavy atom. The molecule has 1 aliphatic rings. The fraction of sp³-hybridized carbons (Fsp3) is 0.240. The Kier molecular flexibility index (Phi) is 7.44. The molecule has 1 unspecified atom stereocenters. The molecule has 166 valence electrons. The topological polar surface area (TPSA) is 92.4 Å². The van der Waals surface area contributed by atoms with Crippen LogP contribution in [-0.4, -0.2) is 29.9 Å². The Labute approximate surface area is 188 Å². The maximum Gasteiger partial charge on any atom is 0.265 e. The first-order valence-corrected chi connectivity index (χ1v) is 10.5. The van der Waals surface area contributed by atoms with Gasteiger partial charge >= 0.3 is 0 Å². The van der Waals surface area contributed by atoms with Crippen molar-refractivity contribution in [3.05, 3.63) is 83.7 Å². The molecule has 0 aliphatic carbocycles. The van der Waals surface area contributed by atoms with E-state index in [0.717, 1.165) is 29.0 Å². The van der Waals surface area contributed by atoms with Crippen molar-refractivity contribution in [3.63, 3.8) is 0 Å². The minimum Gasteiger partial charge on any atom is -0.480 e. The van der Waals surface area contributed by atoms with Crippen molar-refractivity contribution in [2.75, 3.05) is 17.7 Å². The van der Waals surface area contributed by atoms with E-state index < -0.39 is 6.10 Å². The Morgan fingerprint density at radius 2 is 2.03 bits per heavy atom. The smallest absolute Gasteiger partial charge is 0.265 e. The summed E-state index contributed by atoms with van der Waals surface area (Å²) in [6, 6.07) is 9.30. The summed E-state index contributed by atoms with van der Waals surface area (Å²) in [4.78, 5) is 29.6. The summed E-state index contributed by atoms with van der Waals surface area (Å²) in [5.74, 6) is 0.537. The summed E-state index contributed by atoms with van der Waals surface area (Å²) in [5.41, 5.74) is 3.49. The molecule has 7 heteroatoms. The summed E-state index contributed by atoms with van der Waals surface area (Å²) in [6.07, 6.45) is 7.64. The van der Waals surface area contributed by atoms with Crippen LogP contribution in [0.2, 0.25) is 0 Å². The average Bonchev–Trinajstić information content (AvgIpc) is 2.83. The van der Waals surface area contributed by atoms with Gasteiger partial charge in [0.1, 0.15) is 5.75 Å². The Morgan fingerprint density at radius 1 is 1.25 bits per heavy atom. The lowest BCUT2D eigenvalue weighted by Gasteiger charge is -2.25. The molecular formula is C25H28N4O3. The van der Waals surface area contributed by atoms with Crippen LogP contribution in [0.15, 0.2) is 72.6 Å². The van der Waals surface area contributed by atoms with Gasteiger partial charge in [-0.2, -0.15) is 0 Å². The van der Waals surface area contributed by atoms with Crippen molar-refractivity contribution < 1.29 is 14.3 Å². The van der Waals surface area contributed by atoms with Gasteiger partial charge in [-0.05, 0) is 56.0 Å². The summed E-state index contributed by atoms with van der Waals surface area (Å²) in [5, 5.41) is 8.70. The molecule has 0 bridgehead atoms. The molecule has 3 N–H and O–H groups in total. The number of aryl methyl sites for hydroxylation is 1. The van der Waals surface area contributed by atoms with E-state index in [9.17, 15) is 9.59 Å². The fourth-order valence-electron chi connectivity index (χ4n) is 3.33. The van der Waals surface area contributed by atoms with E-state index in [4.69, 9.17) is 4.74 Å². The lowest BCUT2D eigenvalue weighted by atomic mass is 10.0. The van der Waals surface area contributed by atoms with Gasteiger partial charge in [0, 0.05) is 18.9 Å². The van der Waals surface area contributed by atoms with Gasteiger partial charge in [-0.1, -0.05) is 36.9 Å². The normalized spacial score (nSPS) is 15.8. The van der Waals surface area contributed by atoms with Crippen LogP contribution in [0.5, 0.6) is 5.75 Å². The molecule has 1 aromatic heterocycles. The van der Waals surface area contributed by atoms with Crippen LogP contribution < -0.4 is 20.7 Å². The molecule has 32 heavy (non-hydrogen) atoms. The minimum atomic E-state index is -0.637. The van der Waals surface area contributed by atoms with E-state index in [0.29, 0.717) is 23.5 Å². The number of amides is 2. The molecule has 2 amide bonds. The van der Waals surface area contributed by atoms with Gasteiger partial charge in [0.05, 0.1) is 11.3 Å². The van der Waals surface area contributed by atoms with Crippen LogP contribution in [0.3, 0.4) is 0 Å². The van der Waals surface area contributed by atoms with Crippen LogP contribution in [0.4, 0.5) is 11.5 Å². The van der Waals surface area contributed by atoms with Crippen LogP contribution in [0, 0.1) is 0 Å².